The lowest BCUT2D eigenvalue weighted by Crippen LogP contribution is -1.93. The molecule has 0 aliphatic carbocycles. The monoisotopic (exact) mass is 199 g/mol. The van der Waals surface area contributed by atoms with Gasteiger partial charge in [0, 0.05) is 6.61 Å². The van der Waals surface area contributed by atoms with Gasteiger partial charge in [0.05, 0.1) is 6.20 Å². The molecule has 1 aromatic heterocycles. The topological polar surface area (TPSA) is 59.4 Å². The van der Waals surface area contributed by atoms with Crippen LogP contribution >= 0.6 is 11.3 Å². The number of hydrogen-bond acceptors (Lipinski definition) is 4. The minimum absolute atomic E-state index is 0.0260. The highest BCUT2D eigenvalue weighted by Gasteiger charge is 2.21. The first-order chi connectivity index (χ1) is 6.27. The van der Waals surface area contributed by atoms with Crippen molar-refractivity contribution in [2.24, 2.45) is 0 Å². The normalized spacial score (nSPS) is 22.0. The van der Waals surface area contributed by atoms with E-state index in [9.17, 15) is 4.79 Å². The number of rotatable bonds is 2. The summed E-state index contributed by atoms with van der Waals surface area (Å²) in [4.78, 5) is 14.9. The molecule has 70 valence electrons. The second kappa shape index (κ2) is 3.43. The first kappa shape index (κ1) is 8.65. The lowest BCUT2D eigenvalue weighted by molar-refractivity contribution is 0.0702. The molecule has 0 radical (unpaired) electrons. The van der Waals surface area contributed by atoms with Crippen molar-refractivity contribution in [3.8, 4) is 0 Å². The molecule has 1 fully saturated rings. The van der Waals surface area contributed by atoms with Gasteiger partial charge in [-0.1, -0.05) is 0 Å². The van der Waals surface area contributed by atoms with E-state index in [1.165, 1.54) is 17.5 Å². The quantitative estimate of drug-likeness (QED) is 0.787. The van der Waals surface area contributed by atoms with E-state index in [4.69, 9.17) is 9.84 Å². The third kappa shape index (κ3) is 1.71. The summed E-state index contributed by atoms with van der Waals surface area (Å²) in [5.74, 6) is -0.915. The number of thiazole rings is 1. The Bertz CT molecular complexity index is 317. The molecule has 1 saturated heterocycles. The fraction of sp³-hybridized carbons (Fsp3) is 0.500. The fourth-order valence-corrected chi connectivity index (χ4v) is 2.15. The summed E-state index contributed by atoms with van der Waals surface area (Å²) in [5, 5.41) is 9.46. The predicted molar refractivity (Wildman–Crippen MR) is 47.0 cm³/mol. The van der Waals surface area contributed by atoms with E-state index in [1.54, 1.807) is 0 Å². The Hall–Kier alpha value is -0.940. The van der Waals surface area contributed by atoms with Crippen LogP contribution in [0.4, 0.5) is 0 Å². The Kier molecular flexibility index (Phi) is 2.28. The van der Waals surface area contributed by atoms with Crippen molar-refractivity contribution in [2.75, 3.05) is 6.61 Å². The molecule has 0 bridgehead atoms. The third-order valence-electron chi connectivity index (χ3n) is 1.94. The number of carboxylic acids is 1. The summed E-state index contributed by atoms with van der Waals surface area (Å²) < 4.78 is 5.39. The summed E-state index contributed by atoms with van der Waals surface area (Å²) in [6, 6.07) is 0. The van der Waals surface area contributed by atoms with Gasteiger partial charge in [-0.3, -0.25) is 0 Å². The van der Waals surface area contributed by atoms with Crippen LogP contribution in [0.2, 0.25) is 0 Å². The zero-order valence-electron chi connectivity index (χ0n) is 6.90. The third-order valence-corrected chi connectivity index (χ3v) is 3.02. The zero-order chi connectivity index (χ0) is 9.26. The molecule has 0 saturated carbocycles. The summed E-state index contributed by atoms with van der Waals surface area (Å²) in [6.07, 6.45) is 3.40. The second-order valence-corrected chi connectivity index (χ2v) is 3.93. The molecule has 1 aromatic rings. The highest BCUT2D eigenvalue weighted by Crippen LogP contribution is 2.31. The molecular weight excluding hydrogens is 190 g/mol. The molecule has 2 heterocycles. The van der Waals surface area contributed by atoms with Crippen LogP contribution in [-0.4, -0.2) is 22.7 Å². The molecule has 0 aromatic carbocycles. The fourth-order valence-electron chi connectivity index (χ4n) is 1.31. The molecule has 5 heteroatoms. The van der Waals surface area contributed by atoms with E-state index < -0.39 is 5.97 Å². The maximum atomic E-state index is 10.6. The van der Waals surface area contributed by atoms with Gasteiger partial charge < -0.3 is 9.84 Å². The molecule has 1 unspecified atom stereocenters. The molecule has 1 atom stereocenters. The number of carbonyl (C=O) groups is 1. The van der Waals surface area contributed by atoms with Gasteiger partial charge in [-0.05, 0) is 12.8 Å². The molecule has 1 aliphatic rings. The van der Waals surface area contributed by atoms with Crippen molar-refractivity contribution in [3.63, 3.8) is 0 Å². The lowest BCUT2D eigenvalue weighted by Gasteiger charge is -2.02. The average Bonchev–Trinajstić information content (AvgIpc) is 2.75. The maximum absolute atomic E-state index is 10.6. The van der Waals surface area contributed by atoms with Gasteiger partial charge in [-0.15, -0.1) is 11.3 Å². The van der Waals surface area contributed by atoms with Crippen molar-refractivity contribution in [2.45, 2.75) is 18.9 Å². The largest absolute Gasteiger partial charge is 0.477 e. The Labute approximate surface area is 79.2 Å². The van der Waals surface area contributed by atoms with Crippen LogP contribution in [0.3, 0.4) is 0 Å². The molecule has 1 aliphatic heterocycles. The molecule has 0 amide bonds. The molecule has 2 rings (SSSR count). The minimum Gasteiger partial charge on any atom is -0.477 e. The molecule has 0 spiro atoms. The van der Waals surface area contributed by atoms with Crippen molar-refractivity contribution >= 4 is 17.3 Å². The summed E-state index contributed by atoms with van der Waals surface area (Å²) >= 11 is 1.20. The first-order valence-electron chi connectivity index (χ1n) is 4.08. The first-order valence-corrected chi connectivity index (χ1v) is 4.89. The van der Waals surface area contributed by atoms with Gasteiger partial charge in [0.25, 0.3) is 0 Å². The predicted octanol–water partition coefficient (Wildman–Crippen LogP) is 1.69. The lowest BCUT2D eigenvalue weighted by atomic mass is 10.2. The Morgan fingerprint density at radius 1 is 1.77 bits per heavy atom. The molecular formula is C8H9NO3S. The zero-order valence-corrected chi connectivity index (χ0v) is 7.71. The van der Waals surface area contributed by atoms with Gasteiger partial charge in [-0.25, -0.2) is 9.78 Å². The van der Waals surface area contributed by atoms with E-state index in [0.29, 0.717) is 0 Å². The van der Waals surface area contributed by atoms with Gasteiger partial charge in [0.1, 0.15) is 16.0 Å². The minimum atomic E-state index is -0.915. The van der Waals surface area contributed by atoms with E-state index in [-0.39, 0.29) is 11.0 Å². The average molecular weight is 199 g/mol. The van der Waals surface area contributed by atoms with Gasteiger partial charge in [0.15, 0.2) is 0 Å². The number of carboxylic acid groups (broad SMARTS) is 1. The summed E-state index contributed by atoms with van der Waals surface area (Å²) in [7, 11) is 0. The van der Waals surface area contributed by atoms with Crippen LogP contribution in [0.25, 0.3) is 0 Å². The van der Waals surface area contributed by atoms with Crippen molar-refractivity contribution < 1.29 is 14.6 Å². The Balaban J connectivity index is 2.16. The van der Waals surface area contributed by atoms with E-state index in [1.807, 2.05) is 0 Å². The highest BCUT2D eigenvalue weighted by atomic mass is 32.1. The number of aromatic carboxylic acids is 1. The van der Waals surface area contributed by atoms with Crippen LogP contribution in [0.15, 0.2) is 6.20 Å². The number of hydrogen-bond donors (Lipinski definition) is 1. The van der Waals surface area contributed by atoms with Crippen LogP contribution < -0.4 is 0 Å². The molecule has 13 heavy (non-hydrogen) atoms. The second-order valence-electron chi connectivity index (χ2n) is 2.87. The van der Waals surface area contributed by atoms with Gasteiger partial charge in [-0.2, -0.15) is 0 Å². The van der Waals surface area contributed by atoms with Crippen LogP contribution in [0.1, 0.15) is 33.6 Å². The Morgan fingerprint density at radius 2 is 2.62 bits per heavy atom. The van der Waals surface area contributed by atoms with Crippen LogP contribution in [0, 0.1) is 0 Å². The SMILES string of the molecule is O=C(O)c1cnc(C2CCCO2)s1. The highest BCUT2D eigenvalue weighted by molar-refractivity contribution is 7.13. The standard InChI is InChI=1S/C8H9NO3S/c10-8(11)6-4-9-7(13-6)5-2-1-3-12-5/h4-5H,1-3H2,(H,10,11). The van der Waals surface area contributed by atoms with Gasteiger partial charge in [0.2, 0.25) is 0 Å². The van der Waals surface area contributed by atoms with E-state index in [0.717, 1.165) is 24.5 Å². The van der Waals surface area contributed by atoms with Crippen molar-refractivity contribution in [1.29, 1.82) is 0 Å². The molecule has 1 N–H and O–H groups in total. The summed E-state index contributed by atoms with van der Waals surface area (Å²) in [6.45, 7) is 0.757. The van der Waals surface area contributed by atoms with Crippen molar-refractivity contribution in [1.82, 2.24) is 4.98 Å². The number of nitrogens with zero attached hydrogens (tertiary/aromatic N) is 1. The van der Waals surface area contributed by atoms with Crippen LogP contribution in [0.5, 0.6) is 0 Å². The maximum Gasteiger partial charge on any atom is 0.347 e. The Morgan fingerprint density at radius 3 is 3.15 bits per heavy atom. The van der Waals surface area contributed by atoms with E-state index >= 15 is 0 Å². The molecule has 4 nitrogen and oxygen atoms in total. The summed E-state index contributed by atoms with van der Waals surface area (Å²) in [5.41, 5.74) is 0. The van der Waals surface area contributed by atoms with Crippen LogP contribution in [-0.2, 0) is 4.74 Å². The van der Waals surface area contributed by atoms with E-state index in [2.05, 4.69) is 4.98 Å². The number of aromatic nitrogens is 1. The van der Waals surface area contributed by atoms with Crippen molar-refractivity contribution in [3.05, 3.63) is 16.1 Å². The van der Waals surface area contributed by atoms with Gasteiger partial charge >= 0.3 is 5.97 Å². The smallest absolute Gasteiger partial charge is 0.347 e. The number of ether oxygens (including phenoxy) is 1.